The molecule has 0 aromatic heterocycles. The maximum atomic E-state index is 11.6. The van der Waals surface area contributed by atoms with Crippen molar-refractivity contribution in [3.8, 4) is 0 Å². The van der Waals surface area contributed by atoms with E-state index in [-0.39, 0.29) is 11.6 Å². The average molecular weight is 275 g/mol. The van der Waals surface area contributed by atoms with Crippen molar-refractivity contribution >= 4 is 9.84 Å². The molecule has 0 radical (unpaired) electrons. The van der Waals surface area contributed by atoms with E-state index >= 15 is 0 Å². The van der Waals surface area contributed by atoms with Gasteiger partial charge in [0.1, 0.15) is 0 Å². The van der Waals surface area contributed by atoms with Crippen LogP contribution in [0.4, 0.5) is 0 Å². The molecular weight excluding hydrogens is 250 g/mol. The zero-order valence-electron chi connectivity index (χ0n) is 11.4. The molecule has 0 aliphatic carbocycles. The van der Waals surface area contributed by atoms with Gasteiger partial charge in [-0.05, 0) is 39.0 Å². The minimum Gasteiger partial charge on any atom is -0.375 e. The number of sulfone groups is 1. The largest absolute Gasteiger partial charge is 0.375 e. The smallest absolute Gasteiger partial charge is 0.151 e. The van der Waals surface area contributed by atoms with E-state index in [2.05, 4.69) is 19.2 Å². The minimum atomic E-state index is -2.81. The molecule has 18 heavy (non-hydrogen) atoms. The van der Waals surface area contributed by atoms with E-state index < -0.39 is 9.84 Å². The Morgan fingerprint density at radius 3 is 2.78 bits per heavy atom. The molecule has 1 N–H and O–H groups in total. The summed E-state index contributed by atoms with van der Waals surface area (Å²) in [5.74, 6) is 0.679. The fourth-order valence-electron chi connectivity index (χ4n) is 3.01. The van der Waals surface area contributed by atoms with Crippen LogP contribution in [0.3, 0.4) is 0 Å². The second-order valence-electron chi connectivity index (χ2n) is 5.96. The van der Waals surface area contributed by atoms with Gasteiger partial charge in [-0.3, -0.25) is 0 Å². The number of nitrogens with one attached hydrogen (secondary N) is 1. The Kier molecular flexibility index (Phi) is 4.34. The zero-order valence-corrected chi connectivity index (χ0v) is 12.3. The molecule has 2 saturated heterocycles. The Balaban J connectivity index is 1.89. The number of rotatable bonds is 3. The SMILES string of the molecule is CCC1(C)CC(NC2CCCS(=O)(=O)C2)CCO1. The Morgan fingerprint density at radius 1 is 1.33 bits per heavy atom. The number of hydrogen-bond donors (Lipinski definition) is 1. The van der Waals surface area contributed by atoms with Gasteiger partial charge in [0.25, 0.3) is 0 Å². The third kappa shape index (κ3) is 3.68. The topological polar surface area (TPSA) is 55.4 Å². The van der Waals surface area contributed by atoms with Crippen LogP contribution in [0.2, 0.25) is 0 Å². The van der Waals surface area contributed by atoms with Gasteiger partial charge < -0.3 is 10.1 Å². The Morgan fingerprint density at radius 2 is 2.11 bits per heavy atom. The van der Waals surface area contributed by atoms with Crippen molar-refractivity contribution in [3.63, 3.8) is 0 Å². The first-order valence-electron chi connectivity index (χ1n) is 7.03. The summed E-state index contributed by atoms with van der Waals surface area (Å²) in [7, 11) is -2.81. The predicted molar refractivity (Wildman–Crippen MR) is 72.5 cm³/mol. The van der Waals surface area contributed by atoms with Crippen LogP contribution < -0.4 is 5.32 Å². The molecule has 2 fully saturated rings. The fraction of sp³-hybridized carbons (Fsp3) is 1.00. The summed E-state index contributed by atoms with van der Waals surface area (Å²) in [6.07, 6.45) is 4.77. The molecule has 0 spiro atoms. The van der Waals surface area contributed by atoms with Gasteiger partial charge in [0.15, 0.2) is 9.84 Å². The minimum absolute atomic E-state index is 0.0382. The van der Waals surface area contributed by atoms with Crippen LogP contribution in [0.5, 0.6) is 0 Å². The van der Waals surface area contributed by atoms with Gasteiger partial charge in [-0.25, -0.2) is 8.42 Å². The zero-order chi connectivity index (χ0) is 13.2. The van der Waals surface area contributed by atoms with E-state index in [1.54, 1.807) is 0 Å². The summed E-state index contributed by atoms with van der Waals surface area (Å²) in [4.78, 5) is 0. The highest BCUT2D eigenvalue weighted by atomic mass is 32.2. The summed E-state index contributed by atoms with van der Waals surface area (Å²) in [5.41, 5.74) is -0.0382. The molecule has 0 aromatic rings. The lowest BCUT2D eigenvalue weighted by Gasteiger charge is -2.40. The monoisotopic (exact) mass is 275 g/mol. The van der Waals surface area contributed by atoms with E-state index in [4.69, 9.17) is 4.74 Å². The van der Waals surface area contributed by atoms with Crippen molar-refractivity contribution in [2.75, 3.05) is 18.1 Å². The molecule has 106 valence electrons. The van der Waals surface area contributed by atoms with Gasteiger partial charge >= 0.3 is 0 Å². The first-order valence-corrected chi connectivity index (χ1v) is 8.85. The molecule has 2 aliphatic heterocycles. The van der Waals surface area contributed by atoms with Gasteiger partial charge in [-0.1, -0.05) is 6.92 Å². The summed E-state index contributed by atoms with van der Waals surface area (Å²) < 4.78 is 29.1. The first-order chi connectivity index (χ1) is 8.42. The van der Waals surface area contributed by atoms with Crippen LogP contribution in [-0.2, 0) is 14.6 Å². The summed E-state index contributed by atoms with van der Waals surface area (Å²) in [6.45, 7) is 5.08. The van der Waals surface area contributed by atoms with Crippen molar-refractivity contribution in [2.45, 2.75) is 63.6 Å². The Labute approximate surface area is 110 Å². The first kappa shape index (κ1) is 14.3. The molecule has 2 rings (SSSR count). The summed E-state index contributed by atoms with van der Waals surface area (Å²) in [5, 5.41) is 3.54. The van der Waals surface area contributed by atoms with Crippen molar-refractivity contribution in [1.82, 2.24) is 5.32 Å². The van der Waals surface area contributed by atoms with E-state index in [9.17, 15) is 8.42 Å². The highest BCUT2D eigenvalue weighted by Gasteiger charge is 2.34. The number of hydrogen-bond acceptors (Lipinski definition) is 4. The highest BCUT2D eigenvalue weighted by molar-refractivity contribution is 7.91. The molecule has 2 aliphatic rings. The van der Waals surface area contributed by atoms with Gasteiger partial charge in [0, 0.05) is 18.7 Å². The van der Waals surface area contributed by atoms with Gasteiger partial charge in [-0.2, -0.15) is 0 Å². The van der Waals surface area contributed by atoms with Crippen LogP contribution in [0, 0.1) is 0 Å². The fourth-order valence-corrected chi connectivity index (χ4v) is 4.66. The van der Waals surface area contributed by atoms with Gasteiger partial charge in [-0.15, -0.1) is 0 Å². The molecule has 2 heterocycles. The molecular formula is C13H25NO3S. The Bertz CT molecular complexity index is 382. The lowest BCUT2D eigenvalue weighted by molar-refractivity contribution is -0.0789. The van der Waals surface area contributed by atoms with Gasteiger partial charge in [0.05, 0.1) is 17.1 Å². The van der Waals surface area contributed by atoms with Crippen molar-refractivity contribution < 1.29 is 13.2 Å². The molecule has 0 aromatic carbocycles. The Hall–Kier alpha value is -0.130. The lowest BCUT2D eigenvalue weighted by atomic mass is 9.89. The van der Waals surface area contributed by atoms with Crippen molar-refractivity contribution in [1.29, 1.82) is 0 Å². The normalized spacial score (nSPS) is 40.6. The van der Waals surface area contributed by atoms with Crippen LogP contribution >= 0.6 is 0 Å². The molecule has 3 unspecified atom stereocenters. The molecule has 4 nitrogen and oxygen atoms in total. The van der Waals surface area contributed by atoms with Gasteiger partial charge in [0.2, 0.25) is 0 Å². The lowest BCUT2D eigenvalue weighted by Crippen LogP contribution is -2.51. The molecule has 0 bridgehead atoms. The second kappa shape index (κ2) is 5.47. The predicted octanol–water partition coefficient (Wildman–Crippen LogP) is 1.50. The van der Waals surface area contributed by atoms with E-state index in [1.807, 2.05) is 0 Å². The van der Waals surface area contributed by atoms with Crippen LogP contribution in [0.25, 0.3) is 0 Å². The van der Waals surface area contributed by atoms with Crippen LogP contribution in [0.1, 0.15) is 46.0 Å². The van der Waals surface area contributed by atoms with E-state index in [0.717, 1.165) is 38.7 Å². The molecule has 5 heteroatoms. The third-order valence-corrected chi connectivity index (χ3v) is 6.10. The standard InChI is InChI=1S/C13H25NO3S/c1-3-13(2)9-11(6-7-17-13)14-12-5-4-8-18(15,16)10-12/h11-12,14H,3-10H2,1-2H3. The summed E-state index contributed by atoms with van der Waals surface area (Å²) >= 11 is 0. The molecule has 0 amide bonds. The maximum Gasteiger partial charge on any atom is 0.151 e. The quantitative estimate of drug-likeness (QED) is 0.848. The van der Waals surface area contributed by atoms with Crippen LogP contribution in [-0.4, -0.2) is 44.2 Å². The van der Waals surface area contributed by atoms with Crippen molar-refractivity contribution in [3.05, 3.63) is 0 Å². The van der Waals surface area contributed by atoms with Crippen LogP contribution in [0.15, 0.2) is 0 Å². The maximum absolute atomic E-state index is 11.6. The molecule has 3 atom stereocenters. The molecule has 0 saturated carbocycles. The highest BCUT2D eigenvalue weighted by Crippen LogP contribution is 2.28. The third-order valence-electron chi connectivity index (χ3n) is 4.28. The van der Waals surface area contributed by atoms with E-state index in [1.165, 1.54) is 0 Å². The van der Waals surface area contributed by atoms with E-state index in [0.29, 0.717) is 17.5 Å². The second-order valence-corrected chi connectivity index (χ2v) is 8.19. The number of ether oxygens (including phenoxy) is 1. The average Bonchev–Trinajstić information content (AvgIpc) is 2.28. The van der Waals surface area contributed by atoms with Crippen molar-refractivity contribution in [2.24, 2.45) is 0 Å². The summed E-state index contributed by atoms with van der Waals surface area (Å²) in [6, 6.07) is 0.551.